The van der Waals surface area contributed by atoms with Gasteiger partial charge >= 0.3 is 0 Å². The van der Waals surface area contributed by atoms with Crippen molar-refractivity contribution < 1.29 is 59.8 Å². The van der Waals surface area contributed by atoms with Crippen LogP contribution in [0.4, 0.5) is 0 Å². The molecule has 8 N–H and O–H groups in total. The Morgan fingerprint density at radius 2 is 1.31 bits per heavy atom. The highest BCUT2D eigenvalue weighted by Crippen LogP contribution is 2.23. The van der Waals surface area contributed by atoms with Gasteiger partial charge in [0.05, 0.1) is 39.2 Å². The number of rotatable bonds is 9. The normalized spacial score (nSPS) is 40.5. The molecule has 2 aliphatic heterocycles. The summed E-state index contributed by atoms with van der Waals surface area (Å²) in [5.74, 6) is 0. The Morgan fingerprint density at radius 1 is 0.781 bits per heavy atom. The van der Waals surface area contributed by atoms with Gasteiger partial charge in [0.2, 0.25) is 0 Å². The van der Waals surface area contributed by atoms with Gasteiger partial charge in [-0.05, 0) is 0 Å². The summed E-state index contributed by atoms with van der Waals surface area (Å²) in [4.78, 5) is 0. The van der Waals surface area contributed by atoms with E-state index >= 15 is 0 Å². The highest BCUT2D eigenvalue weighted by molar-refractivity contribution is 4.92. The zero-order valence-corrected chi connectivity index (χ0v) is 16.9. The SMILES string of the molecule is OC[C@H]1O[C@H](OCCn2cc(CO[C@H]3O[C@H](CO)[C@@H](O)[C@H](O)[C@@H]3O)nn2)[C@@H](O)[C@@H](O)[C@@H]1O. The molecule has 184 valence electrons. The van der Waals surface area contributed by atoms with Crippen LogP contribution < -0.4 is 0 Å². The van der Waals surface area contributed by atoms with Crippen LogP contribution in [-0.4, -0.2) is 137 Å². The van der Waals surface area contributed by atoms with Crippen molar-refractivity contribution in [2.24, 2.45) is 0 Å². The zero-order valence-electron chi connectivity index (χ0n) is 16.9. The standard InChI is InChI=1S/C17H29N3O12/c21-4-8-10(23)12(25)14(27)16(31-8)29-2-1-20-3-7(18-19-20)6-30-17-15(28)13(26)11(24)9(5-22)32-17/h3,8-17,21-28H,1-2,4-6H2/t8-,9-,10-,11-,12+,13+,14+,15+,16+,17+/m1/s1. The Bertz CT molecular complexity index is 706. The van der Waals surface area contributed by atoms with E-state index in [0.717, 1.165) is 0 Å². The molecular formula is C17H29N3O12. The topological polar surface area (TPSA) is 229 Å². The van der Waals surface area contributed by atoms with E-state index in [2.05, 4.69) is 10.3 Å². The number of ether oxygens (including phenoxy) is 4. The van der Waals surface area contributed by atoms with Crippen LogP contribution >= 0.6 is 0 Å². The molecule has 0 amide bonds. The maximum atomic E-state index is 9.96. The Hall–Kier alpha value is -1.34. The fourth-order valence-corrected chi connectivity index (χ4v) is 3.35. The molecule has 1 aromatic rings. The van der Waals surface area contributed by atoms with Crippen LogP contribution in [0.5, 0.6) is 0 Å². The number of hydrogen-bond donors (Lipinski definition) is 8. The summed E-state index contributed by atoms with van der Waals surface area (Å²) in [7, 11) is 0. The van der Waals surface area contributed by atoms with Gasteiger partial charge in [0.15, 0.2) is 12.6 Å². The number of aromatic nitrogens is 3. The Labute approximate surface area is 181 Å². The molecule has 0 aromatic carbocycles. The lowest BCUT2D eigenvalue weighted by molar-refractivity contribution is -0.304. The van der Waals surface area contributed by atoms with E-state index in [9.17, 15) is 40.9 Å². The molecule has 2 saturated heterocycles. The number of aliphatic hydroxyl groups excluding tert-OH is 8. The predicted octanol–water partition coefficient (Wildman–Crippen LogP) is -5.59. The van der Waals surface area contributed by atoms with Gasteiger partial charge in [-0.2, -0.15) is 0 Å². The lowest BCUT2D eigenvalue weighted by atomic mass is 9.99. The smallest absolute Gasteiger partial charge is 0.187 e. The second-order valence-electron chi connectivity index (χ2n) is 7.55. The molecule has 15 heteroatoms. The van der Waals surface area contributed by atoms with Gasteiger partial charge in [0, 0.05) is 0 Å². The van der Waals surface area contributed by atoms with Crippen molar-refractivity contribution in [1.29, 1.82) is 0 Å². The average Bonchev–Trinajstić information content (AvgIpc) is 3.24. The Kier molecular flexibility index (Phi) is 8.84. The molecule has 0 radical (unpaired) electrons. The molecular weight excluding hydrogens is 438 g/mol. The third-order valence-corrected chi connectivity index (χ3v) is 5.28. The summed E-state index contributed by atoms with van der Waals surface area (Å²) in [6.07, 6.45) is -12.3. The molecule has 0 unspecified atom stereocenters. The summed E-state index contributed by atoms with van der Waals surface area (Å²) in [5.41, 5.74) is 0.342. The van der Waals surface area contributed by atoms with E-state index in [1.165, 1.54) is 10.9 Å². The summed E-state index contributed by atoms with van der Waals surface area (Å²) < 4.78 is 22.6. The van der Waals surface area contributed by atoms with Gasteiger partial charge in [0.25, 0.3) is 0 Å². The minimum absolute atomic E-state index is 0.0148. The molecule has 2 fully saturated rings. The van der Waals surface area contributed by atoms with Crippen molar-refractivity contribution in [2.75, 3.05) is 19.8 Å². The fraction of sp³-hybridized carbons (Fsp3) is 0.882. The van der Waals surface area contributed by atoms with Gasteiger partial charge in [-0.15, -0.1) is 5.10 Å². The predicted molar refractivity (Wildman–Crippen MR) is 98.3 cm³/mol. The quantitative estimate of drug-likeness (QED) is 0.169. The largest absolute Gasteiger partial charge is 0.394 e. The highest BCUT2D eigenvalue weighted by Gasteiger charge is 2.45. The molecule has 0 aliphatic carbocycles. The molecule has 0 bridgehead atoms. The molecule has 32 heavy (non-hydrogen) atoms. The first-order valence-electron chi connectivity index (χ1n) is 10.00. The summed E-state index contributed by atoms with van der Waals surface area (Å²) in [6, 6.07) is 0. The van der Waals surface area contributed by atoms with E-state index in [1.807, 2.05) is 0 Å². The van der Waals surface area contributed by atoms with Crippen molar-refractivity contribution in [1.82, 2.24) is 15.0 Å². The second-order valence-corrected chi connectivity index (χ2v) is 7.55. The number of aliphatic hydroxyl groups is 8. The minimum atomic E-state index is -1.55. The van der Waals surface area contributed by atoms with Crippen molar-refractivity contribution in [3.63, 3.8) is 0 Å². The average molecular weight is 467 g/mol. The maximum Gasteiger partial charge on any atom is 0.187 e. The first kappa shape index (κ1) is 25.3. The van der Waals surface area contributed by atoms with E-state index in [-0.39, 0.29) is 19.8 Å². The fourth-order valence-electron chi connectivity index (χ4n) is 3.35. The third kappa shape index (κ3) is 5.58. The van der Waals surface area contributed by atoms with Crippen molar-refractivity contribution in [3.8, 4) is 0 Å². The van der Waals surface area contributed by atoms with Gasteiger partial charge in [-0.3, -0.25) is 0 Å². The van der Waals surface area contributed by atoms with Crippen LogP contribution in [0.1, 0.15) is 5.69 Å². The van der Waals surface area contributed by atoms with Crippen LogP contribution in [0.2, 0.25) is 0 Å². The minimum Gasteiger partial charge on any atom is -0.394 e. The molecule has 0 spiro atoms. The molecule has 3 heterocycles. The van der Waals surface area contributed by atoms with Crippen LogP contribution in [0.25, 0.3) is 0 Å². The lowest BCUT2D eigenvalue weighted by Crippen LogP contribution is -2.59. The van der Waals surface area contributed by atoms with E-state index in [4.69, 9.17) is 18.9 Å². The van der Waals surface area contributed by atoms with Crippen molar-refractivity contribution in [2.45, 2.75) is 74.6 Å². The van der Waals surface area contributed by atoms with Gasteiger partial charge in [0.1, 0.15) is 54.5 Å². The van der Waals surface area contributed by atoms with E-state index in [0.29, 0.717) is 5.69 Å². The first-order valence-corrected chi connectivity index (χ1v) is 10.00. The van der Waals surface area contributed by atoms with Crippen molar-refractivity contribution in [3.05, 3.63) is 11.9 Å². The van der Waals surface area contributed by atoms with Crippen LogP contribution in [-0.2, 0) is 32.1 Å². The number of nitrogens with zero attached hydrogens (tertiary/aromatic N) is 3. The van der Waals surface area contributed by atoms with Gasteiger partial charge in [-0.1, -0.05) is 5.21 Å². The van der Waals surface area contributed by atoms with Gasteiger partial charge in [-0.25, -0.2) is 4.68 Å². The molecule has 1 aromatic heterocycles. The molecule has 10 atom stereocenters. The maximum absolute atomic E-state index is 9.96. The van der Waals surface area contributed by atoms with Gasteiger partial charge < -0.3 is 59.8 Å². The zero-order chi connectivity index (χ0) is 23.4. The Morgan fingerprint density at radius 3 is 1.84 bits per heavy atom. The lowest BCUT2D eigenvalue weighted by Gasteiger charge is -2.39. The van der Waals surface area contributed by atoms with Crippen LogP contribution in [0, 0.1) is 0 Å². The van der Waals surface area contributed by atoms with Crippen LogP contribution in [0.15, 0.2) is 6.20 Å². The molecule has 0 saturated carbocycles. The molecule has 3 rings (SSSR count). The summed E-state index contributed by atoms with van der Waals surface area (Å²) >= 11 is 0. The Balaban J connectivity index is 1.45. The van der Waals surface area contributed by atoms with E-state index in [1.54, 1.807) is 0 Å². The number of hydrogen-bond acceptors (Lipinski definition) is 14. The van der Waals surface area contributed by atoms with Crippen molar-refractivity contribution >= 4 is 0 Å². The van der Waals surface area contributed by atoms with E-state index < -0.39 is 74.6 Å². The third-order valence-electron chi connectivity index (χ3n) is 5.28. The highest BCUT2D eigenvalue weighted by atomic mass is 16.7. The summed E-state index contributed by atoms with van der Waals surface area (Å²) in [6.45, 7) is -1.14. The summed E-state index contributed by atoms with van der Waals surface area (Å²) in [5, 5.41) is 85.0. The van der Waals surface area contributed by atoms with Crippen LogP contribution in [0.3, 0.4) is 0 Å². The molecule has 2 aliphatic rings. The monoisotopic (exact) mass is 467 g/mol. The second kappa shape index (κ2) is 11.2. The molecule has 15 nitrogen and oxygen atoms in total. The first-order chi connectivity index (χ1) is 15.3.